The Kier molecular flexibility index (Phi) is 5.30. The summed E-state index contributed by atoms with van der Waals surface area (Å²) in [7, 11) is 0. The van der Waals surface area contributed by atoms with E-state index in [4.69, 9.17) is 9.47 Å². The van der Waals surface area contributed by atoms with Crippen LogP contribution in [-0.4, -0.2) is 65.9 Å². The highest BCUT2D eigenvalue weighted by atomic mass is 16.5. The third-order valence-electron chi connectivity index (χ3n) is 6.50. The largest absolute Gasteiger partial charge is 0.481 e. The van der Waals surface area contributed by atoms with Crippen molar-refractivity contribution in [3.05, 3.63) is 59.7 Å². The van der Waals surface area contributed by atoms with E-state index < -0.39 is 30.4 Å². The fourth-order valence-electron chi connectivity index (χ4n) is 5.03. The standard InChI is InChI=1S/C24H24N2O6/c27-22(28)10-21(23(29)26-11-15-9-14(26)12-31-15)25-24(30)32-13-20-18-7-3-1-5-16(18)17-6-2-4-8-19(17)20/h1-8,14-15,20-21H,9-13H2,(H,25,30)(H,27,28). The fourth-order valence-corrected chi connectivity index (χ4v) is 5.03. The van der Waals surface area contributed by atoms with E-state index in [9.17, 15) is 19.5 Å². The van der Waals surface area contributed by atoms with Crippen LogP contribution in [0.2, 0.25) is 0 Å². The molecule has 2 saturated heterocycles. The van der Waals surface area contributed by atoms with Crippen molar-refractivity contribution in [3.8, 4) is 11.1 Å². The second-order valence-electron chi connectivity index (χ2n) is 8.46. The summed E-state index contributed by atoms with van der Waals surface area (Å²) in [6.45, 7) is 0.962. The second kappa shape index (κ2) is 8.27. The number of benzene rings is 2. The van der Waals surface area contributed by atoms with E-state index in [-0.39, 0.29) is 24.7 Å². The summed E-state index contributed by atoms with van der Waals surface area (Å²) in [5.41, 5.74) is 4.38. The lowest BCUT2D eigenvalue weighted by Gasteiger charge is -2.30. The number of morpholine rings is 1. The van der Waals surface area contributed by atoms with Gasteiger partial charge in [0.25, 0.3) is 0 Å². The van der Waals surface area contributed by atoms with E-state index in [2.05, 4.69) is 5.32 Å². The number of nitrogens with one attached hydrogen (secondary N) is 1. The monoisotopic (exact) mass is 436 g/mol. The highest BCUT2D eigenvalue weighted by Gasteiger charge is 2.44. The molecule has 5 rings (SSSR count). The van der Waals surface area contributed by atoms with Gasteiger partial charge < -0.3 is 24.8 Å². The molecule has 2 amide bonds. The SMILES string of the molecule is O=C(O)CC(NC(=O)OCC1c2ccccc2-c2ccccc21)C(=O)N1CC2CC1CO2. The highest BCUT2D eigenvalue weighted by Crippen LogP contribution is 2.44. The maximum Gasteiger partial charge on any atom is 0.407 e. The minimum Gasteiger partial charge on any atom is -0.481 e. The van der Waals surface area contributed by atoms with Crippen LogP contribution in [-0.2, 0) is 19.1 Å². The van der Waals surface area contributed by atoms with Crippen LogP contribution >= 0.6 is 0 Å². The number of hydrogen-bond donors (Lipinski definition) is 2. The summed E-state index contributed by atoms with van der Waals surface area (Å²) in [4.78, 5) is 38.4. The molecule has 8 heteroatoms. The number of alkyl carbamates (subject to hydrolysis) is 1. The Balaban J connectivity index is 1.26. The summed E-state index contributed by atoms with van der Waals surface area (Å²) in [5.74, 6) is -1.69. The molecular formula is C24H24N2O6. The first-order valence-corrected chi connectivity index (χ1v) is 10.8. The van der Waals surface area contributed by atoms with Gasteiger partial charge in [0, 0.05) is 12.5 Å². The van der Waals surface area contributed by atoms with E-state index in [0.717, 1.165) is 28.7 Å². The summed E-state index contributed by atoms with van der Waals surface area (Å²) >= 11 is 0. The van der Waals surface area contributed by atoms with Crippen LogP contribution in [0.1, 0.15) is 29.9 Å². The molecule has 0 aromatic heterocycles. The third-order valence-corrected chi connectivity index (χ3v) is 6.50. The van der Waals surface area contributed by atoms with Gasteiger partial charge in [-0.15, -0.1) is 0 Å². The first kappa shape index (κ1) is 20.5. The molecule has 0 spiro atoms. The molecule has 8 nitrogen and oxygen atoms in total. The minimum absolute atomic E-state index is 0.0103. The first-order valence-electron chi connectivity index (χ1n) is 10.8. The fraction of sp³-hybridized carbons (Fsp3) is 0.375. The number of ether oxygens (including phenoxy) is 2. The van der Waals surface area contributed by atoms with Crippen molar-refractivity contribution in [2.75, 3.05) is 19.8 Å². The number of nitrogens with zero attached hydrogens (tertiary/aromatic N) is 1. The zero-order valence-corrected chi connectivity index (χ0v) is 17.4. The van der Waals surface area contributed by atoms with Crippen molar-refractivity contribution >= 4 is 18.0 Å². The second-order valence-corrected chi connectivity index (χ2v) is 8.46. The average Bonchev–Trinajstić information content (AvgIpc) is 3.50. The van der Waals surface area contributed by atoms with Crippen molar-refractivity contribution in [3.63, 3.8) is 0 Å². The molecule has 2 fully saturated rings. The van der Waals surface area contributed by atoms with Crippen molar-refractivity contribution in [2.45, 2.75) is 36.9 Å². The predicted molar refractivity (Wildman–Crippen MR) is 114 cm³/mol. The summed E-state index contributed by atoms with van der Waals surface area (Å²) in [6, 6.07) is 14.7. The molecule has 32 heavy (non-hydrogen) atoms. The van der Waals surface area contributed by atoms with Crippen LogP contribution in [0.3, 0.4) is 0 Å². The van der Waals surface area contributed by atoms with Crippen molar-refractivity contribution in [1.29, 1.82) is 0 Å². The summed E-state index contributed by atoms with van der Waals surface area (Å²) < 4.78 is 11.0. The van der Waals surface area contributed by atoms with Gasteiger partial charge in [-0.25, -0.2) is 4.79 Å². The van der Waals surface area contributed by atoms with Crippen LogP contribution in [0.25, 0.3) is 11.1 Å². The Morgan fingerprint density at radius 3 is 2.31 bits per heavy atom. The average molecular weight is 436 g/mol. The van der Waals surface area contributed by atoms with Crippen molar-refractivity contribution in [2.24, 2.45) is 0 Å². The van der Waals surface area contributed by atoms with Gasteiger partial charge in [-0.1, -0.05) is 48.5 Å². The van der Waals surface area contributed by atoms with Gasteiger partial charge in [-0.2, -0.15) is 0 Å². The van der Waals surface area contributed by atoms with Gasteiger partial charge in [0.1, 0.15) is 12.6 Å². The molecule has 2 N–H and O–H groups in total. The molecule has 3 atom stereocenters. The number of rotatable bonds is 6. The molecule has 2 heterocycles. The van der Waals surface area contributed by atoms with Gasteiger partial charge in [0.05, 0.1) is 25.2 Å². The lowest BCUT2D eigenvalue weighted by molar-refractivity contribution is -0.144. The Morgan fingerprint density at radius 2 is 1.75 bits per heavy atom. The molecule has 0 saturated carbocycles. The van der Waals surface area contributed by atoms with E-state index >= 15 is 0 Å². The van der Waals surface area contributed by atoms with Gasteiger partial charge in [0.2, 0.25) is 5.91 Å². The lowest BCUT2D eigenvalue weighted by atomic mass is 9.98. The van der Waals surface area contributed by atoms with Gasteiger partial charge in [-0.05, 0) is 28.7 Å². The number of carboxylic acid groups (broad SMARTS) is 1. The van der Waals surface area contributed by atoms with Crippen molar-refractivity contribution in [1.82, 2.24) is 10.2 Å². The Morgan fingerprint density at radius 1 is 1.09 bits per heavy atom. The molecule has 2 aromatic carbocycles. The lowest BCUT2D eigenvalue weighted by Crippen LogP contribution is -2.53. The van der Waals surface area contributed by atoms with Crippen LogP contribution in [0.4, 0.5) is 4.79 Å². The van der Waals surface area contributed by atoms with Crippen LogP contribution in [0, 0.1) is 0 Å². The van der Waals surface area contributed by atoms with E-state index in [0.29, 0.717) is 13.2 Å². The number of carbonyl (C=O) groups is 3. The van der Waals surface area contributed by atoms with Crippen LogP contribution in [0.15, 0.2) is 48.5 Å². The van der Waals surface area contributed by atoms with Gasteiger partial charge in [-0.3, -0.25) is 9.59 Å². The molecule has 2 bridgehead atoms. The molecule has 1 aliphatic carbocycles. The molecule has 166 valence electrons. The first-order chi connectivity index (χ1) is 15.5. The van der Waals surface area contributed by atoms with Gasteiger partial charge >= 0.3 is 12.1 Å². The maximum absolute atomic E-state index is 12.9. The number of hydrogen-bond acceptors (Lipinski definition) is 5. The van der Waals surface area contributed by atoms with Gasteiger partial charge in [0.15, 0.2) is 0 Å². The Hall–Kier alpha value is -3.39. The number of amides is 2. The number of fused-ring (bicyclic) bond motifs is 5. The smallest absolute Gasteiger partial charge is 0.407 e. The number of carboxylic acids is 1. The molecule has 0 radical (unpaired) electrons. The normalized spacial score (nSPS) is 21.7. The Labute approximate surface area is 185 Å². The van der Waals surface area contributed by atoms with E-state index in [1.54, 1.807) is 4.90 Å². The summed E-state index contributed by atoms with van der Waals surface area (Å²) in [5, 5.41) is 11.7. The zero-order chi connectivity index (χ0) is 22.2. The molecule has 2 aliphatic heterocycles. The number of aliphatic carboxylic acids is 1. The van der Waals surface area contributed by atoms with E-state index in [1.807, 2.05) is 48.5 Å². The quantitative estimate of drug-likeness (QED) is 0.720. The zero-order valence-electron chi connectivity index (χ0n) is 17.4. The third kappa shape index (κ3) is 3.71. The number of carbonyl (C=O) groups excluding carboxylic acids is 2. The topological polar surface area (TPSA) is 105 Å². The predicted octanol–water partition coefficient (Wildman–Crippen LogP) is 2.37. The summed E-state index contributed by atoms with van der Waals surface area (Å²) in [6.07, 6.45) is -0.565. The minimum atomic E-state index is -1.18. The van der Waals surface area contributed by atoms with Crippen LogP contribution < -0.4 is 5.32 Å². The molecular weight excluding hydrogens is 412 g/mol. The molecule has 2 aromatic rings. The maximum atomic E-state index is 12.9. The Bertz CT molecular complexity index is 1020. The highest BCUT2D eigenvalue weighted by molar-refractivity contribution is 5.90. The number of likely N-dealkylation sites (tertiary alicyclic amines) is 1. The molecule has 3 unspecified atom stereocenters. The van der Waals surface area contributed by atoms with Crippen LogP contribution in [0.5, 0.6) is 0 Å². The van der Waals surface area contributed by atoms with Crippen molar-refractivity contribution < 1.29 is 29.0 Å². The van der Waals surface area contributed by atoms with E-state index in [1.165, 1.54) is 0 Å². The molecule has 3 aliphatic rings.